The Morgan fingerprint density at radius 2 is 2.04 bits per heavy atom. The van der Waals surface area contributed by atoms with Gasteiger partial charge in [0.25, 0.3) is 5.56 Å². The van der Waals surface area contributed by atoms with Crippen LogP contribution in [0.4, 0.5) is 0 Å². The summed E-state index contributed by atoms with van der Waals surface area (Å²) in [7, 11) is 1.52. The highest BCUT2D eigenvalue weighted by molar-refractivity contribution is 7.99. The molecule has 2 aromatic carbocycles. The van der Waals surface area contributed by atoms with Gasteiger partial charge >= 0.3 is 0 Å². The number of para-hydroxylation sites is 1. The molecule has 0 amide bonds. The summed E-state index contributed by atoms with van der Waals surface area (Å²) in [6.45, 7) is 2.37. The molecule has 0 saturated carbocycles. The van der Waals surface area contributed by atoms with Crippen molar-refractivity contribution in [3.8, 4) is 5.75 Å². The van der Waals surface area contributed by atoms with E-state index in [1.165, 1.54) is 18.9 Å². The van der Waals surface area contributed by atoms with Crippen molar-refractivity contribution in [3.63, 3.8) is 0 Å². The van der Waals surface area contributed by atoms with Crippen LogP contribution in [0.15, 0.2) is 52.4 Å². The lowest BCUT2D eigenvalue weighted by atomic mass is 10.1. The third-order valence-electron chi connectivity index (χ3n) is 3.95. The number of nitrogens with zero attached hydrogens (tertiary/aromatic N) is 2. The monoisotopic (exact) mass is 388 g/mol. The van der Waals surface area contributed by atoms with Gasteiger partial charge in [-0.25, -0.2) is 4.98 Å². The van der Waals surface area contributed by atoms with Gasteiger partial charge in [-0.05, 0) is 37.3 Å². The number of benzene rings is 2. The van der Waals surface area contributed by atoms with Crippen LogP contribution in [0.1, 0.15) is 17.3 Å². The van der Waals surface area contributed by atoms with Gasteiger partial charge in [-0.3, -0.25) is 14.2 Å². The van der Waals surface area contributed by atoms with Crippen LogP contribution < -0.4 is 10.3 Å². The van der Waals surface area contributed by atoms with Crippen molar-refractivity contribution in [2.45, 2.75) is 18.6 Å². The Balaban J connectivity index is 1.86. The first-order valence-corrected chi connectivity index (χ1v) is 9.40. The molecule has 3 rings (SSSR count). The minimum absolute atomic E-state index is 0.0930. The molecule has 7 heteroatoms. The van der Waals surface area contributed by atoms with Crippen molar-refractivity contribution in [1.29, 1.82) is 0 Å². The summed E-state index contributed by atoms with van der Waals surface area (Å²) < 4.78 is 6.68. The molecule has 134 valence electrons. The van der Waals surface area contributed by atoms with Crippen molar-refractivity contribution in [1.82, 2.24) is 9.55 Å². The van der Waals surface area contributed by atoms with Gasteiger partial charge in [0.2, 0.25) is 0 Å². The maximum absolute atomic E-state index is 12.6. The molecule has 0 fully saturated rings. The zero-order valence-electron chi connectivity index (χ0n) is 14.4. The van der Waals surface area contributed by atoms with E-state index in [2.05, 4.69) is 4.98 Å². The molecule has 5 nitrogen and oxygen atoms in total. The van der Waals surface area contributed by atoms with Gasteiger partial charge < -0.3 is 4.74 Å². The summed E-state index contributed by atoms with van der Waals surface area (Å²) in [6.07, 6.45) is 0. The number of carbonyl (C=O) groups excluding carboxylic acids is 1. The van der Waals surface area contributed by atoms with E-state index in [1.807, 2.05) is 19.1 Å². The van der Waals surface area contributed by atoms with E-state index >= 15 is 0 Å². The number of hydrogen-bond acceptors (Lipinski definition) is 5. The average Bonchev–Trinajstić information content (AvgIpc) is 2.66. The summed E-state index contributed by atoms with van der Waals surface area (Å²) in [6, 6.07) is 12.1. The van der Waals surface area contributed by atoms with Crippen molar-refractivity contribution in [2.24, 2.45) is 0 Å². The van der Waals surface area contributed by atoms with E-state index in [0.29, 0.717) is 38.9 Å². The zero-order valence-corrected chi connectivity index (χ0v) is 15.9. The molecular weight excluding hydrogens is 372 g/mol. The number of halogens is 1. The number of methoxy groups -OCH3 is 1. The van der Waals surface area contributed by atoms with E-state index in [1.54, 1.807) is 34.9 Å². The van der Waals surface area contributed by atoms with Gasteiger partial charge in [0.15, 0.2) is 10.9 Å². The lowest BCUT2D eigenvalue weighted by Crippen LogP contribution is -2.22. The number of thioether (sulfide) groups is 1. The maximum atomic E-state index is 12.6. The molecule has 0 radical (unpaired) electrons. The molecule has 0 atom stereocenters. The molecule has 0 saturated heterocycles. The van der Waals surface area contributed by atoms with Crippen LogP contribution in [0.25, 0.3) is 10.9 Å². The normalized spacial score (nSPS) is 10.9. The molecule has 1 aromatic heterocycles. The quantitative estimate of drug-likeness (QED) is 0.362. The Morgan fingerprint density at radius 1 is 1.27 bits per heavy atom. The SMILES string of the molecule is CCn1c(SCC(=O)c2ccc(OC)c(Cl)c2)nc2ccccc2c1=O. The Kier molecular flexibility index (Phi) is 5.64. The van der Waals surface area contributed by atoms with Gasteiger partial charge in [0, 0.05) is 12.1 Å². The second kappa shape index (κ2) is 7.93. The molecule has 0 bridgehead atoms. The van der Waals surface area contributed by atoms with E-state index < -0.39 is 0 Å². The Bertz CT molecular complexity index is 1030. The number of hydrogen-bond donors (Lipinski definition) is 0. The first-order valence-electron chi connectivity index (χ1n) is 8.04. The number of ether oxygens (including phenoxy) is 1. The van der Waals surface area contributed by atoms with Crippen molar-refractivity contribution < 1.29 is 9.53 Å². The zero-order chi connectivity index (χ0) is 18.7. The summed E-state index contributed by atoms with van der Waals surface area (Å²) in [5, 5.41) is 1.49. The first-order chi connectivity index (χ1) is 12.5. The number of carbonyl (C=O) groups is 1. The minimum atomic E-state index is -0.0967. The number of rotatable bonds is 6. The number of fused-ring (bicyclic) bond motifs is 1. The molecule has 0 spiro atoms. The van der Waals surface area contributed by atoms with Crippen molar-refractivity contribution in [3.05, 3.63) is 63.4 Å². The molecular formula is C19H17ClN2O3S. The second-order valence-corrected chi connectivity index (χ2v) is 6.87. The first kappa shape index (κ1) is 18.5. The highest BCUT2D eigenvalue weighted by Crippen LogP contribution is 2.26. The van der Waals surface area contributed by atoms with Gasteiger partial charge in [0.05, 0.1) is 28.8 Å². The van der Waals surface area contributed by atoms with E-state index in [9.17, 15) is 9.59 Å². The Labute approximate surface area is 160 Å². The highest BCUT2D eigenvalue weighted by Gasteiger charge is 2.14. The molecule has 0 aliphatic rings. The molecule has 26 heavy (non-hydrogen) atoms. The van der Waals surface area contributed by atoms with Crippen LogP contribution in [0.2, 0.25) is 5.02 Å². The highest BCUT2D eigenvalue weighted by atomic mass is 35.5. The number of Topliss-reactive ketones (excluding diaryl/α,β-unsaturated/α-hetero) is 1. The van der Waals surface area contributed by atoms with Crippen LogP contribution in [0, 0.1) is 0 Å². The predicted octanol–water partition coefficient (Wildman–Crippen LogP) is 4.05. The van der Waals surface area contributed by atoms with Crippen molar-refractivity contribution >= 4 is 40.0 Å². The lowest BCUT2D eigenvalue weighted by Gasteiger charge is -2.11. The molecule has 3 aromatic rings. The fourth-order valence-electron chi connectivity index (χ4n) is 2.59. The molecule has 0 N–H and O–H groups in total. The van der Waals surface area contributed by atoms with E-state index in [4.69, 9.17) is 16.3 Å². The lowest BCUT2D eigenvalue weighted by molar-refractivity contribution is 0.102. The third-order valence-corrected chi connectivity index (χ3v) is 5.22. The molecule has 0 unspecified atom stereocenters. The smallest absolute Gasteiger partial charge is 0.262 e. The van der Waals surface area contributed by atoms with Crippen LogP contribution in [0.3, 0.4) is 0 Å². The predicted molar refractivity (Wildman–Crippen MR) is 105 cm³/mol. The van der Waals surface area contributed by atoms with E-state index in [0.717, 1.165) is 0 Å². The van der Waals surface area contributed by atoms with Crippen molar-refractivity contribution in [2.75, 3.05) is 12.9 Å². The van der Waals surface area contributed by atoms with Crippen LogP contribution >= 0.6 is 23.4 Å². The summed E-state index contributed by atoms with van der Waals surface area (Å²) in [5.41, 5.74) is 1.03. The Hall–Kier alpha value is -2.31. The van der Waals surface area contributed by atoms with Gasteiger partial charge in [-0.15, -0.1) is 0 Å². The van der Waals surface area contributed by atoms with Crippen LogP contribution in [0.5, 0.6) is 5.75 Å². The number of aromatic nitrogens is 2. The van der Waals surface area contributed by atoms with Gasteiger partial charge in [-0.1, -0.05) is 35.5 Å². The fourth-order valence-corrected chi connectivity index (χ4v) is 3.81. The minimum Gasteiger partial charge on any atom is -0.495 e. The average molecular weight is 389 g/mol. The summed E-state index contributed by atoms with van der Waals surface area (Å²) >= 11 is 7.33. The maximum Gasteiger partial charge on any atom is 0.262 e. The van der Waals surface area contributed by atoms with Crippen LogP contribution in [-0.2, 0) is 6.54 Å². The largest absolute Gasteiger partial charge is 0.495 e. The second-order valence-electron chi connectivity index (χ2n) is 5.52. The van der Waals surface area contributed by atoms with Gasteiger partial charge in [0.1, 0.15) is 5.75 Å². The van der Waals surface area contributed by atoms with Crippen LogP contribution in [-0.4, -0.2) is 28.2 Å². The molecule has 1 heterocycles. The van der Waals surface area contributed by atoms with E-state index in [-0.39, 0.29) is 17.1 Å². The fraction of sp³-hybridized carbons (Fsp3) is 0.211. The molecule has 0 aliphatic heterocycles. The van der Waals surface area contributed by atoms with Gasteiger partial charge in [-0.2, -0.15) is 0 Å². The standard InChI is InChI=1S/C19H17ClN2O3S/c1-3-22-18(24)13-6-4-5-7-15(13)21-19(22)26-11-16(23)12-8-9-17(25-2)14(20)10-12/h4-10H,3,11H2,1-2H3. The summed E-state index contributed by atoms with van der Waals surface area (Å²) in [4.78, 5) is 29.6. The third kappa shape index (κ3) is 3.61. The molecule has 0 aliphatic carbocycles. The Morgan fingerprint density at radius 3 is 2.73 bits per heavy atom. The topological polar surface area (TPSA) is 61.2 Å². The summed E-state index contributed by atoms with van der Waals surface area (Å²) in [5.74, 6) is 0.587. The number of ketones is 1.